The molecule has 1 aliphatic carbocycles. The Morgan fingerprint density at radius 1 is 0.625 bits per heavy atom. The molecule has 5 rings (SSSR count). The lowest BCUT2D eigenvalue weighted by Gasteiger charge is -2.10. The van der Waals surface area contributed by atoms with Gasteiger partial charge >= 0.3 is 0 Å². The maximum atomic E-state index is 2.32. The standard InChI is InChI=1S/C24H17/c1-16-11-20-7-4-8-23(24(20)12-16)21-10-9-19-13-17-5-2-3-6-18(17)14-22(19)15-21/h2-15H,1H3. The molecule has 0 atom stereocenters. The predicted octanol–water partition coefficient (Wildman–Crippen LogP) is 6.63. The Hall–Kier alpha value is -2.86. The summed E-state index contributed by atoms with van der Waals surface area (Å²) in [6.07, 6.45) is 4.54. The van der Waals surface area contributed by atoms with Gasteiger partial charge in [-0.2, -0.15) is 0 Å². The van der Waals surface area contributed by atoms with Crippen LogP contribution >= 0.6 is 0 Å². The van der Waals surface area contributed by atoms with Crippen molar-refractivity contribution in [2.24, 2.45) is 0 Å². The van der Waals surface area contributed by atoms with Crippen LogP contribution in [-0.4, -0.2) is 0 Å². The Labute approximate surface area is 142 Å². The fourth-order valence-corrected chi connectivity index (χ4v) is 3.74. The molecule has 0 saturated heterocycles. The second-order valence-corrected chi connectivity index (χ2v) is 6.60. The lowest BCUT2D eigenvalue weighted by atomic mass is 9.94. The average molecular weight is 305 g/mol. The van der Waals surface area contributed by atoms with Gasteiger partial charge in [-0.1, -0.05) is 66.2 Å². The van der Waals surface area contributed by atoms with E-state index in [1.54, 1.807) is 0 Å². The zero-order chi connectivity index (χ0) is 16.1. The van der Waals surface area contributed by atoms with Crippen LogP contribution < -0.4 is 0 Å². The van der Waals surface area contributed by atoms with Gasteiger partial charge in [0, 0.05) is 6.42 Å². The van der Waals surface area contributed by atoms with Crippen LogP contribution in [-0.2, 0) is 0 Å². The summed E-state index contributed by atoms with van der Waals surface area (Å²) in [6, 6.07) is 26.5. The Bertz CT molecular complexity index is 1130. The van der Waals surface area contributed by atoms with Gasteiger partial charge in [-0.05, 0) is 68.9 Å². The van der Waals surface area contributed by atoms with Crippen molar-refractivity contribution in [2.75, 3.05) is 0 Å². The predicted molar refractivity (Wildman–Crippen MR) is 104 cm³/mol. The van der Waals surface area contributed by atoms with Gasteiger partial charge < -0.3 is 0 Å². The monoisotopic (exact) mass is 305 g/mol. The maximum absolute atomic E-state index is 2.32. The van der Waals surface area contributed by atoms with Gasteiger partial charge in [0.25, 0.3) is 0 Å². The normalized spacial score (nSPS) is 13.3. The minimum atomic E-state index is 1.29. The number of benzene rings is 4. The van der Waals surface area contributed by atoms with E-state index >= 15 is 0 Å². The summed E-state index contributed by atoms with van der Waals surface area (Å²) in [7, 11) is 0. The topological polar surface area (TPSA) is 0 Å². The third kappa shape index (κ3) is 2.07. The SMILES string of the molecule is CC1=Cc2c(cccc2-c2ccc3cc4ccccc4cc3c2)[CH]1. The van der Waals surface area contributed by atoms with Crippen LogP contribution in [0.3, 0.4) is 0 Å². The lowest BCUT2D eigenvalue weighted by molar-refractivity contribution is 1.45. The van der Waals surface area contributed by atoms with Gasteiger partial charge in [0.15, 0.2) is 0 Å². The molecular formula is C24H17. The summed E-state index contributed by atoms with van der Waals surface area (Å²) in [4.78, 5) is 0. The molecule has 0 heterocycles. The molecule has 4 aromatic carbocycles. The molecule has 24 heavy (non-hydrogen) atoms. The van der Waals surface area contributed by atoms with E-state index in [2.05, 4.69) is 92.2 Å². The minimum absolute atomic E-state index is 1.29. The van der Waals surface area contributed by atoms with Gasteiger partial charge in [0.2, 0.25) is 0 Å². The fourth-order valence-electron chi connectivity index (χ4n) is 3.74. The smallest absolute Gasteiger partial charge is 0.0161 e. The highest BCUT2D eigenvalue weighted by Crippen LogP contribution is 2.36. The van der Waals surface area contributed by atoms with E-state index in [0.29, 0.717) is 0 Å². The Morgan fingerprint density at radius 2 is 1.38 bits per heavy atom. The molecule has 0 heteroatoms. The van der Waals surface area contributed by atoms with E-state index in [-0.39, 0.29) is 0 Å². The highest BCUT2D eigenvalue weighted by atomic mass is 14.2. The molecule has 0 unspecified atom stereocenters. The molecule has 1 radical (unpaired) electrons. The first kappa shape index (κ1) is 13.6. The van der Waals surface area contributed by atoms with Crippen LogP contribution in [0.1, 0.15) is 18.1 Å². The van der Waals surface area contributed by atoms with Crippen molar-refractivity contribution >= 4 is 27.6 Å². The van der Waals surface area contributed by atoms with Crippen LogP contribution in [0.15, 0.2) is 78.4 Å². The van der Waals surface area contributed by atoms with Gasteiger partial charge in [0.05, 0.1) is 0 Å². The third-order valence-corrected chi connectivity index (χ3v) is 4.91. The summed E-state index contributed by atoms with van der Waals surface area (Å²) in [6.45, 7) is 2.16. The number of hydrogen-bond donors (Lipinski definition) is 0. The zero-order valence-corrected chi connectivity index (χ0v) is 13.6. The van der Waals surface area contributed by atoms with E-state index in [0.717, 1.165) is 0 Å². The Morgan fingerprint density at radius 3 is 2.21 bits per heavy atom. The van der Waals surface area contributed by atoms with Crippen LogP contribution in [0.4, 0.5) is 0 Å². The van der Waals surface area contributed by atoms with Gasteiger partial charge in [-0.3, -0.25) is 0 Å². The molecule has 0 saturated carbocycles. The number of allylic oxidation sites excluding steroid dienone is 1. The average Bonchev–Trinajstić information content (AvgIpc) is 2.99. The maximum Gasteiger partial charge on any atom is 0.0161 e. The molecule has 0 bridgehead atoms. The van der Waals surface area contributed by atoms with Crippen LogP contribution in [0.25, 0.3) is 38.7 Å². The first-order valence-electron chi connectivity index (χ1n) is 8.37. The quantitative estimate of drug-likeness (QED) is 0.346. The zero-order valence-electron chi connectivity index (χ0n) is 13.6. The Kier molecular flexibility index (Phi) is 2.87. The highest BCUT2D eigenvalue weighted by Gasteiger charge is 2.14. The largest absolute Gasteiger partial charge is 0.0642 e. The van der Waals surface area contributed by atoms with E-state index in [1.807, 2.05) is 0 Å². The van der Waals surface area contributed by atoms with E-state index < -0.39 is 0 Å². The number of rotatable bonds is 1. The van der Waals surface area contributed by atoms with Gasteiger partial charge in [-0.25, -0.2) is 0 Å². The summed E-state index contributed by atoms with van der Waals surface area (Å²) < 4.78 is 0. The van der Waals surface area contributed by atoms with Gasteiger partial charge in [-0.15, -0.1) is 0 Å². The molecule has 1 aliphatic rings. The van der Waals surface area contributed by atoms with Crippen molar-refractivity contribution in [3.63, 3.8) is 0 Å². The van der Waals surface area contributed by atoms with E-state index in [1.165, 1.54) is 49.4 Å². The highest BCUT2D eigenvalue weighted by molar-refractivity contribution is 6.00. The first-order valence-corrected chi connectivity index (χ1v) is 8.37. The molecule has 0 N–H and O–H groups in total. The molecule has 4 aromatic rings. The van der Waals surface area contributed by atoms with Crippen molar-refractivity contribution in [2.45, 2.75) is 6.92 Å². The molecule has 0 aliphatic heterocycles. The summed E-state index contributed by atoms with van der Waals surface area (Å²) in [5.74, 6) is 0. The van der Waals surface area contributed by atoms with Crippen molar-refractivity contribution < 1.29 is 0 Å². The van der Waals surface area contributed by atoms with Crippen LogP contribution in [0.2, 0.25) is 0 Å². The molecule has 0 aromatic heterocycles. The van der Waals surface area contributed by atoms with E-state index in [9.17, 15) is 0 Å². The van der Waals surface area contributed by atoms with Gasteiger partial charge in [0.1, 0.15) is 0 Å². The van der Waals surface area contributed by atoms with Crippen LogP contribution in [0, 0.1) is 6.42 Å². The molecule has 0 spiro atoms. The van der Waals surface area contributed by atoms with E-state index in [4.69, 9.17) is 0 Å². The molecule has 0 amide bonds. The summed E-state index contributed by atoms with van der Waals surface area (Å²) >= 11 is 0. The second kappa shape index (κ2) is 5.07. The summed E-state index contributed by atoms with van der Waals surface area (Å²) in [5.41, 5.74) is 6.59. The fraction of sp³-hybridized carbons (Fsp3) is 0.0417. The minimum Gasteiger partial charge on any atom is -0.0642 e. The van der Waals surface area contributed by atoms with Crippen molar-refractivity contribution in [3.8, 4) is 11.1 Å². The molecule has 0 nitrogen and oxygen atoms in total. The van der Waals surface area contributed by atoms with Crippen molar-refractivity contribution in [3.05, 3.63) is 95.9 Å². The second-order valence-electron chi connectivity index (χ2n) is 6.60. The molecular weight excluding hydrogens is 288 g/mol. The molecule has 113 valence electrons. The third-order valence-electron chi connectivity index (χ3n) is 4.91. The number of hydrogen-bond acceptors (Lipinski definition) is 0. The number of fused-ring (bicyclic) bond motifs is 3. The van der Waals surface area contributed by atoms with Crippen molar-refractivity contribution in [1.29, 1.82) is 0 Å². The Balaban J connectivity index is 1.74. The van der Waals surface area contributed by atoms with Crippen molar-refractivity contribution in [1.82, 2.24) is 0 Å². The molecule has 0 fully saturated rings. The van der Waals surface area contributed by atoms with Crippen LogP contribution in [0.5, 0.6) is 0 Å². The lowest BCUT2D eigenvalue weighted by Crippen LogP contribution is -1.86. The first-order chi connectivity index (χ1) is 11.8. The summed E-state index contributed by atoms with van der Waals surface area (Å²) in [5, 5.41) is 5.19.